The van der Waals surface area contributed by atoms with Crippen molar-refractivity contribution in [2.24, 2.45) is 0 Å². The number of ether oxygens (including phenoxy) is 1. The third-order valence-corrected chi connectivity index (χ3v) is 4.35. The van der Waals surface area contributed by atoms with E-state index in [0.29, 0.717) is 22.0 Å². The fraction of sp³-hybridized carbons (Fsp3) is 0.211. The van der Waals surface area contributed by atoms with Crippen LogP contribution >= 0.6 is 11.6 Å². The van der Waals surface area contributed by atoms with Gasteiger partial charge in [0.25, 0.3) is 5.91 Å². The van der Waals surface area contributed by atoms with Crippen LogP contribution in [0.4, 0.5) is 11.4 Å². The van der Waals surface area contributed by atoms with Crippen LogP contribution in [0.15, 0.2) is 42.5 Å². The van der Waals surface area contributed by atoms with E-state index in [9.17, 15) is 14.9 Å². The van der Waals surface area contributed by atoms with Gasteiger partial charge in [-0.05, 0) is 30.3 Å². The number of amides is 2. The first-order valence-corrected chi connectivity index (χ1v) is 8.61. The van der Waals surface area contributed by atoms with Gasteiger partial charge < -0.3 is 20.3 Å². The Balaban J connectivity index is 1.80. The molecule has 0 saturated carbocycles. The summed E-state index contributed by atoms with van der Waals surface area (Å²) in [6.07, 6.45) is -0.724. The highest BCUT2D eigenvalue weighted by molar-refractivity contribution is 6.31. The van der Waals surface area contributed by atoms with E-state index in [4.69, 9.17) is 16.3 Å². The lowest BCUT2D eigenvalue weighted by Crippen LogP contribution is -2.50. The molecule has 7 nitrogen and oxygen atoms in total. The molecule has 0 aliphatic carbocycles. The SMILES string of the molecule is CNC(=O)[C@@H]1CN(CC(=O)Nc2cc(Cl)ccc2C#N)c2ccccc2O1. The lowest BCUT2D eigenvalue weighted by Gasteiger charge is -2.35. The second-order valence-electron chi connectivity index (χ2n) is 5.92. The van der Waals surface area contributed by atoms with Crippen molar-refractivity contribution < 1.29 is 14.3 Å². The van der Waals surface area contributed by atoms with E-state index >= 15 is 0 Å². The summed E-state index contributed by atoms with van der Waals surface area (Å²) in [4.78, 5) is 26.3. The second-order valence-corrected chi connectivity index (χ2v) is 6.36. The first kappa shape index (κ1) is 18.5. The van der Waals surface area contributed by atoms with Crippen LogP contribution in [0.2, 0.25) is 5.02 Å². The largest absolute Gasteiger partial charge is 0.477 e. The predicted molar refractivity (Wildman–Crippen MR) is 102 cm³/mol. The van der Waals surface area contributed by atoms with Crippen molar-refractivity contribution in [2.75, 3.05) is 30.4 Å². The molecule has 138 valence electrons. The molecule has 8 heteroatoms. The van der Waals surface area contributed by atoms with Gasteiger partial charge in [-0.25, -0.2) is 0 Å². The molecule has 1 atom stereocenters. The van der Waals surface area contributed by atoms with E-state index < -0.39 is 6.10 Å². The van der Waals surface area contributed by atoms with Gasteiger partial charge in [-0.3, -0.25) is 9.59 Å². The number of carbonyl (C=O) groups excluding carboxylic acids is 2. The zero-order chi connectivity index (χ0) is 19.4. The molecular formula is C19H17ClN4O3. The van der Waals surface area contributed by atoms with Gasteiger partial charge in [0.05, 0.1) is 30.0 Å². The van der Waals surface area contributed by atoms with E-state index in [-0.39, 0.29) is 24.9 Å². The molecule has 1 heterocycles. The van der Waals surface area contributed by atoms with Gasteiger partial charge in [0.2, 0.25) is 5.91 Å². The minimum Gasteiger partial charge on any atom is -0.477 e. The normalized spacial score (nSPS) is 15.1. The third kappa shape index (κ3) is 4.13. The molecule has 3 rings (SSSR count). The van der Waals surface area contributed by atoms with Gasteiger partial charge in [-0.2, -0.15) is 5.26 Å². The Morgan fingerprint density at radius 1 is 1.33 bits per heavy atom. The molecule has 2 aromatic carbocycles. The van der Waals surface area contributed by atoms with Crippen molar-refractivity contribution in [1.29, 1.82) is 5.26 Å². The van der Waals surface area contributed by atoms with Crippen LogP contribution in [0.3, 0.4) is 0 Å². The van der Waals surface area contributed by atoms with Crippen molar-refractivity contribution >= 4 is 34.8 Å². The lowest BCUT2D eigenvalue weighted by molar-refractivity contribution is -0.127. The Labute approximate surface area is 161 Å². The predicted octanol–water partition coefficient (Wildman–Crippen LogP) is 2.16. The first-order chi connectivity index (χ1) is 13.0. The molecule has 27 heavy (non-hydrogen) atoms. The van der Waals surface area contributed by atoms with Crippen LogP contribution in [-0.4, -0.2) is 38.1 Å². The van der Waals surface area contributed by atoms with Crippen molar-refractivity contribution in [3.8, 4) is 11.8 Å². The summed E-state index contributed by atoms with van der Waals surface area (Å²) in [5.74, 6) is -0.0664. The number of benzene rings is 2. The number of nitrogens with one attached hydrogen (secondary N) is 2. The quantitative estimate of drug-likeness (QED) is 0.842. The van der Waals surface area contributed by atoms with Crippen LogP contribution in [0, 0.1) is 11.3 Å². The number of anilines is 2. The highest BCUT2D eigenvalue weighted by atomic mass is 35.5. The van der Waals surface area contributed by atoms with E-state index in [0.717, 1.165) is 5.69 Å². The molecule has 2 aromatic rings. The monoisotopic (exact) mass is 384 g/mol. The first-order valence-electron chi connectivity index (χ1n) is 8.23. The van der Waals surface area contributed by atoms with E-state index in [2.05, 4.69) is 10.6 Å². The summed E-state index contributed by atoms with van der Waals surface area (Å²) in [6, 6.07) is 13.9. The number of fused-ring (bicyclic) bond motifs is 1. The maximum absolute atomic E-state index is 12.6. The molecule has 0 bridgehead atoms. The third-order valence-electron chi connectivity index (χ3n) is 4.11. The summed E-state index contributed by atoms with van der Waals surface area (Å²) in [7, 11) is 1.53. The highest BCUT2D eigenvalue weighted by Gasteiger charge is 2.31. The number of hydrogen-bond donors (Lipinski definition) is 2. The Morgan fingerprint density at radius 2 is 2.11 bits per heavy atom. The van der Waals surface area contributed by atoms with E-state index in [1.54, 1.807) is 29.2 Å². The molecule has 2 N–H and O–H groups in total. The van der Waals surface area contributed by atoms with Gasteiger partial charge in [-0.15, -0.1) is 0 Å². The molecule has 2 amide bonds. The number of carbonyl (C=O) groups is 2. The molecule has 1 aliphatic heterocycles. The smallest absolute Gasteiger partial charge is 0.262 e. The van der Waals surface area contributed by atoms with E-state index in [1.807, 2.05) is 18.2 Å². The van der Waals surface area contributed by atoms with Crippen LogP contribution < -0.4 is 20.3 Å². The van der Waals surface area contributed by atoms with Crippen molar-refractivity contribution in [2.45, 2.75) is 6.10 Å². The average Bonchev–Trinajstić information content (AvgIpc) is 2.67. The summed E-state index contributed by atoms with van der Waals surface area (Å²) in [5.41, 5.74) is 1.39. The molecule has 0 saturated heterocycles. The minimum atomic E-state index is -0.724. The maximum Gasteiger partial charge on any atom is 0.262 e. The summed E-state index contributed by atoms with van der Waals surface area (Å²) in [5, 5.41) is 14.9. The van der Waals surface area contributed by atoms with Gasteiger partial charge in [0.15, 0.2) is 6.10 Å². The maximum atomic E-state index is 12.6. The van der Waals surface area contributed by atoms with Crippen LogP contribution in [0.5, 0.6) is 5.75 Å². The average molecular weight is 385 g/mol. The Hall–Kier alpha value is -3.24. The fourth-order valence-electron chi connectivity index (χ4n) is 2.83. The van der Waals surface area contributed by atoms with Crippen molar-refractivity contribution in [3.05, 3.63) is 53.1 Å². The molecule has 0 spiro atoms. The van der Waals surface area contributed by atoms with Gasteiger partial charge in [0, 0.05) is 12.1 Å². The van der Waals surface area contributed by atoms with Gasteiger partial charge in [0.1, 0.15) is 11.8 Å². The number of halogens is 1. The van der Waals surface area contributed by atoms with Gasteiger partial charge >= 0.3 is 0 Å². The topological polar surface area (TPSA) is 94.5 Å². The highest BCUT2D eigenvalue weighted by Crippen LogP contribution is 2.33. The fourth-order valence-corrected chi connectivity index (χ4v) is 3.01. The molecular weight excluding hydrogens is 368 g/mol. The van der Waals surface area contributed by atoms with Crippen LogP contribution in [-0.2, 0) is 9.59 Å². The number of likely N-dealkylation sites (N-methyl/N-ethyl adjacent to an activating group) is 1. The molecule has 1 aliphatic rings. The molecule has 0 fully saturated rings. The van der Waals surface area contributed by atoms with Crippen LogP contribution in [0.25, 0.3) is 0 Å². The molecule has 0 unspecified atom stereocenters. The molecule has 0 aromatic heterocycles. The van der Waals surface area contributed by atoms with Crippen molar-refractivity contribution in [1.82, 2.24) is 5.32 Å². The van der Waals surface area contributed by atoms with E-state index in [1.165, 1.54) is 13.1 Å². The summed E-state index contributed by atoms with van der Waals surface area (Å²) in [6.45, 7) is 0.218. The zero-order valence-corrected chi connectivity index (χ0v) is 15.3. The zero-order valence-electron chi connectivity index (χ0n) is 14.5. The Kier molecular flexibility index (Phi) is 5.48. The second kappa shape index (κ2) is 7.98. The lowest BCUT2D eigenvalue weighted by atomic mass is 10.1. The Morgan fingerprint density at radius 3 is 2.85 bits per heavy atom. The standard InChI is InChI=1S/C19H17ClN4O3/c1-22-19(26)17-10-24(15-4-2-3-5-16(15)27-17)11-18(25)23-14-8-13(20)7-6-12(14)9-21/h2-8,17H,10-11H2,1H3,(H,22,26)(H,23,25)/t17-/m0/s1. The van der Waals surface area contributed by atoms with Crippen molar-refractivity contribution in [3.63, 3.8) is 0 Å². The Bertz CT molecular complexity index is 925. The summed E-state index contributed by atoms with van der Waals surface area (Å²) < 4.78 is 5.72. The number of rotatable bonds is 4. The number of nitrogens with zero attached hydrogens (tertiary/aromatic N) is 2. The minimum absolute atomic E-state index is 0.00868. The molecule has 0 radical (unpaired) electrons. The number of hydrogen-bond acceptors (Lipinski definition) is 5. The number of nitriles is 1. The van der Waals surface area contributed by atoms with Crippen LogP contribution in [0.1, 0.15) is 5.56 Å². The number of para-hydroxylation sites is 2. The van der Waals surface area contributed by atoms with Gasteiger partial charge in [-0.1, -0.05) is 23.7 Å². The summed E-state index contributed by atoms with van der Waals surface area (Å²) >= 11 is 5.95.